The molecule has 1 aliphatic rings. The van der Waals surface area contributed by atoms with Crippen LogP contribution in [0.15, 0.2) is 0 Å². The molecule has 1 rings (SSSR count). The summed E-state index contributed by atoms with van der Waals surface area (Å²) in [4.78, 5) is 0. The van der Waals surface area contributed by atoms with E-state index in [2.05, 4.69) is 33.1 Å². The van der Waals surface area contributed by atoms with Gasteiger partial charge in [0.2, 0.25) is 0 Å². The zero-order chi connectivity index (χ0) is 12.8. The van der Waals surface area contributed by atoms with Gasteiger partial charge in [-0.2, -0.15) is 0 Å². The van der Waals surface area contributed by atoms with Crippen molar-refractivity contribution in [3.63, 3.8) is 0 Å². The average Bonchev–Trinajstić information content (AvgIpc) is 3.13. The Morgan fingerprint density at radius 1 is 1.24 bits per heavy atom. The van der Waals surface area contributed by atoms with Crippen LogP contribution in [0.3, 0.4) is 0 Å². The Bertz CT molecular complexity index is 207. The van der Waals surface area contributed by atoms with Gasteiger partial charge < -0.3 is 10.1 Å². The van der Waals surface area contributed by atoms with E-state index in [0.29, 0.717) is 12.1 Å². The molecule has 2 heteroatoms. The van der Waals surface area contributed by atoms with Gasteiger partial charge >= 0.3 is 0 Å². The van der Waals surface area contributed by atoms with Crippen molar-refractivity contribution in [3.05, 3.63) is 0 Å². The largest absolute Gasteiger partial charge is 0.381 e. The van der Waals surface area contributed by atoms with Crippen molar-refractivity contribution in [2.24, 2.45) is 17.8 Å². The molecule has 5 atom stereocenters. The molecule has 0 aromatic heterocycles. The zero-order valence-electron chi connectivity index (χ0n) is 12.3. The van der Waals surface area contributed by atoms with E-state index in [1.807, 2.05) is 7.11 Å². The zero-order valence-corrected chi connectivity index (χ0v) is 12.3. The lowest BCUT2D eigenvalue weighted by molar-refractivity contribution is 0.0658. The molecule has 0 aromatic rings. The van der Waals surface area contributed by atoms with E-state index in [-0.39, 0.29) is 0 Å². The first-order chi connectivity index (χ1) is 8.17. The van der Waals surface area contributed by atoms with E-state index in [1.165, 1.54) is 32.1 Å². The van der Waals surface area contributed by atoms with Crippen LogP contribution in [0.4, 0.5) is 0 Å². The maximum absolute atomic E-state index is 5.67. The van der Waals surface area contributed by atoms with Crippen molar-refractivity contribution in [1.82, 2.24) is 5.32 Å². The summed E-state index contributed by atoms with van der Waals surface area (Å²) in [7, 11) is 3.94. The fourth-order valence-electron chi connectivity index (χ4n) is 3.07. The van der Waals surface area contributed by atoms with Gasteiger partial charge in [0.1, 0.15) is 0 Å². The highest BCUT2D eigenvalue weighted by atomic mass is 16.5. The molecule has 102 valence electrons. The molecule has 0 amide bonds. The van der Waals surface area contributed by atoms with Crippen molar-refractivity contribution < 1.29 is 4.74 Å². The maximum atomic E-state index is 5.67. The van der Waals surface area contributed by atoms with Gasteiger partial charge in [-0.25, -0.2) is 0 Å². The first kappa shape index (κ1) is 15.0. The highest BCUT2D eigenvalue weighted by molar-refractivity contribution is 4.97. The van der Waals surface area contributed by atoms with Crippen molar-refractivity contribution >= 4 is 0 Å². The van der Waals surface area contributed by atoms with Crippen molar-refractivity contribution in [1.29, 1.82) is 0 Å². The molecule has 1 saturated carbocycles. The number of ether oxygens (including phenoxy) is 1. The quantitative estimate of drug-likeness (QED) is 0.667. The molecule has 5 unspecified atom stereocenters. The fourth-order valence-corrected chi connectivity index (χ4v) is 3.07. The molecule has 0 heterocycles. The number of hydrogen-bond donors (Lipinski definition) is 1. The molecular weight excluding hydrogens is 210 g/mol. The third kappa shape index (κ3) is 4.26. The van der Waals surface area contributed by atoms with Crippen molar-refractivity contribution in [2.45, 2.75) is 65.0 Å². The van der Waals surface area contributed by atoms with Gasteiger partial charge in [-0.05, 0) is 38.1 Å². The smallest absolute Gasteiger partial charge is 0.0615 e. The van der Waals surface area contributed by atoms with Crippen LogP contribution < -0.4 is 5.32 Å². The molecule has 1 fully saturated rings. The van der Waals surface area contributed by atoms with Gasteiger partial charge in [0.25, 0.3) is 0 Å². The molecule has 2 nitrogen and oxygen atoms in total. The highest BCUT2D eigenvalue weighted by Crippen LogP contribution is 2.38. The fraction of sp³-hybridized carbons (Fsp3) is 1.00. The lowest BCUT2D eigenvalue weighted by Gasteiger charge is -2.24. The average molecular weight is 241 g/mol. The van der Waals surface area contributed by atoms with Gasteiger partial charge in [0.05, 0.1) is 6.10 Å². The predicted octanol–water partition coefficient (Wildman–Crippen LogP) is 3.46. The Morgan fingerprint density at radius 2 is 1.94 bits per heavy atom. The summed E-state index contributed by atoms with van der Waals surface area (Å²) in [5.41, 5.74) is 0. The van der Waals surface area contributed by atoms with Crippen LogP contribution >= 0.6 is 0 Å². The Labute approximate surface area is 108 Å². The van der Waals surface area contributed by atoms with Gasteiger partial charge in [0.15, 0.2) is 0 Å². The first-order valence-corrected chi connectivity index (χ1v) is 7.37. The van der Waals surface area contributed by atoms with E-state index in [0.717, 1.165) is 17.8 Å². The predicted molar refractivity (Wildman–Crippen MR) is 74.2 cm³/mol. The molecule has 0 aromatic carbocycles. The minimum Gasteiger partial charge on any atom is -0.381 e. The monoisotopic (exact) mass is 241 g/mol. The van der Waals surface area contributed by atoms with Gasteiger partial charge in [0, 0.05) is 19.1 Å². The molecule has 17 heavy (non-hydrogen) atoms. The minimum absolute atomic E-state index is 0.477. The molecule has 1 N–H and O–H groups in total. The van der Waals surface area contributed by atoms with Crippen LogP contribution in [0, 0.1) is 17.8 Å². The second-order valence-corrected chi connectivity index (χ2v) is 5.70. The van der Waals surface area contributed by atoms with Crippen LogP contribution in [0.5, 0.6) is 0 Å². The van der Waals surface area contributed by atoms with E-state index >= 15 is 0 Å². The van der Waals surface area contributed by atoms with Crippen LogP contribution in [0.2, 0.25) is 0 Å². The van der Waals surface area contributed by atoms with Crippen molar-refractivity contribution in [3.8, 4) is 0 Å². The summed E-state index contributed by atoms with van der Waals surface area (Å²) in [6.07, 6.45) is 6.96. The van der Waals surface area contributed by atoms with Gasteiger partial charge in [-0.1, -0.05) is 33.6 Å². The third-order valence-electron chi connectivity index (χ3n) is 4.79. The Balaban J connectivity index is 2.31. The molecule has 0 aliphatic heterocycles. The van der Waals surface area contributed by atoms with E-state index in [1.54, 1.807) is 0 Å². The van der Waals surface area contributed by atoms with Crippen molar-refractivity contribution in [2.75, 3.05) is 14.2 Å². The lowest BCUT2D eigenvalue weighted by Crippen LogP contribution is -2.22. The highest BCUT2D eigenvalue weighted by Gasteiger charge is 2.42. The summed E-state index contributed by atoms with van der Waals surface area (Å²) in [6, 6.07) is 0.712. The molecular formula is C15H31NO. The summed E-state index contributed by atoms with van der Waals surface area (Å²) >= 11 is 0. The molecule has 0 bridgehead atoms. The summed E-state index contributed by atoms with van der Waals surface area (Å²) < 4.78 is 5.67. The number of hydrogen-bond acceptors (Lipinski definition) is 2. The summed E-state index contributed by atoms with van der Waals surface area (Å²) in [5.74, 6) is 2.50. The number of methoxy groups -OCH3 is 1. The lowest BCUT2D eigenvalue weighted by atomic mass is 9.85. The SMILES string of the molecule is CCC(C)C(CC)CCC(OC)C1CC1NC. The second kappa shape index (κ2) is 7.38. The first-order valence-electron chi connectivity index (χ1n) is 7.37. The number of nitrogens with one attached hydrogen (secondary N) is 1. The maximum Gasteiger partial charge on any atom is 0.0615 e. The van der Waals surface area contributed by atoms with Gasteiger partial charge in [-0.15, -0.1) is 0 Å². The third-order valence-corrected chi connectivity index (χ3v) is 4.79. The van der Waals surface area contributed by atoms with Crippen LogP contribution in [0.25, 0.3) is 0 Å². The topological polar surface area (TPSA) is 21.3 Å². The second-order valence-electron chi connectivity index (χ2n) is 5.70. The Kier molecular flexibility index (Phi) is 6.50. The van der Waals surface area contributed by atoms with Gasteiger partial charge in [-0.3, -0.25) is 0 Å². The summed E-state index contributed by atoms with van der Waals surface area (Å²) in [6.45, 7) is 7.02. The van der Waals surface area contributed by atoms with E-state index in [4.69, 9.17) is 4.74 Å². The van der Waals surface area contributed by atoms with Crippen LogP contribution in [-0.4, -0.2) is 26.3 Å². The molecule has 0 saturated heterocycles. The Morgan fingerprint density at radius 3 is 2.35 bits per heavy atom. The molecule has 0 spiro atoms. The molecule has 1 aliphatic carbocycles. The van der Waals surface area contributed by atoms with E-state index in [9.17, 15) is 0 Å². The van der Waals surface area contributed by atoms with Crippen LogP contribution in [0.1, 0.15) is 52.9 Å². The van der Waals surface area contributed by atoms with E-state index < -0.39 is 0 Å². The molecule has 0 radical (unpaired) electrons. The minimum atomic E-state index is 0.477. The Hall–Kier alpha value is -0.0800. The van der Waals surface area contributed by atoms with Crippen LogP contribution in [-0.2, 0) is 4.74 Å². The summed E-state index contributed by atoms with van der Waals surface area (Å²) in [5, 5.41) is 3.36. The standard InChI is InChI=1S/C15H31NO/c1-6-11(3)12(7-2)8-9-15(17-5)13-10-14(13)16-4/h11-16H,6-10H2,1-5H3. The number of rotatable bonds is 9. The normalized spacial score (nSPS) is 28.8.